The fraction of sp³-hybridized carbons (Fsp3) is 0.167. The smallest absolute Gasteiger partial charge is 0.270 e. The van der Waals surface area contributed by atoms with E-state index in [9.17, 15) is 4.79 Å². The van der Waals surface area contributed by atoms with E-state index in [1.54, 1.807) is 32.6 Å². The number of fused-ring (bicyclic) bond motifs is 1. The number of hydrogen-bond acceptors (Lipinski definition) is 6. The number of rotatable bonds is 7. The minimum absolute atomic E-state index is 0.247. The SMILES string of the molecule is COc1ccc(CNC(=O)c2cc3occc3c(Nc3ccc(Br)c(C)c3)n2)c(OC)c1. The quantitative estimate of drug-likeness (QED) is 0.347. The maximum Gasteiger partial charge on any atom is 0.270 e. The van der Waals surface area contributed by atoms with Gasteiger partial charge in [-0.2, -0.15) is 0 Å². The van der Waals surface area contributed by atoms with Crippen molar-refractivity contribution in [3.63, 3.8) is 0 Å². The van der Waals surface area contributed by atoms with Gasteiger partial charge in [-0.25, -0.2) is 4.98 Å². The lowest BCUT2D eigenvalue weighted by atomic mass is 10.2. The number of nitrogens with zero attached hydrogens (tertiary/aromatic N) is 1. The van der Waals surface area contributed by atoms with E-state index in [4.69, 9.17) is 13.9 Å². The summed E-state index contributed by atoms with van der Waals surface area (Å²) >= 11 is 3.51. The number of carbonyl (C=O) groups is 1. The van der Waals surface area contributed by atoms with Crippen molar-refractivity contribution < 1.29 is 18.7 Å². The first-order chi connectivity index (χ1) is 15.5. The Morgan fingerprint density at radius 1 is 1.09 bits per heavy atom. The zero-order valence-corrected chi connectivity index (χ0v) is 19.4. The van der Waals surface area contributed by atoms with Gasteiger partial charge in [0.25, 0.3) is 5.91 Å². The Morgan fingerprint density at radius 3 is 2.69 bits per heavy atom. The van der Waals surface area contributed by atoms with Crippen molar-refractivity contribution in [3.05, 3.63) is 76.1 Å². The first-order valence-corrected chi connectivity index (χ1v) is 10.7. The van der Waals surface area contributed by atoms with Crippen LogP contribution >= 0.6 is 15.9 Å². The van der Waals surface area contributed by atoms with Gasteiger partial charge in [0.15, 0.2) is 0 Å². The molecule has 0 bridgehead atoms. The lowest BCUT2D eigenvalue weighted by Gasteiger charge is -2.12. The summed E-state index contributed by atoms with van der Waals surface area (Å²) in [5.41, 5.74) is 3.59. The van der Waals surface area contributed by atoms with Crippen molar-refractivity contribution in [2.24, 2.45) is 0 Å². The second kappa shape index (κ2) is 9.32. The van der Waals surface area contributed by atoms with Crippen LogP contribution in [0.25, 0.3) is 11.0 Å². The molecule has 1 amide bonds. The molecule has 4 rings (SSSR count). The van der Waals surface area contributed by atoms with Gasteiger partial charge in [0.05, 0.1) is 25.9 Å². The zero-order valence-electron chi connectivity index (χ0n) is 17.9. The van der Waals surface area contributed by atoms with Gasteiger partial charge in [-0.05, 0) is 48.9 Å². The van der Waals surface area contributed by atoms with E-state index >= 15 is 0 Å². The van der Waals surface area contributed by atoms with Gasteiger partial charge in [0.1, 0.15) is 28.6 Å². The van der Waals surface area contributed by atoms with Gasteiger partial charge in [-0.15, -0.1) is 0 Å². The van der Waals surface area contributed by atoms with E-state index in [2.05, 4.69) is 31.5 Å². The number of pyridine rings is 1. The lowest BCUT2D eigenvalue weighted by molar-refractivity contribution is 0.0946. The van der Waals surface area contributed by atoms with Crippen molar-refractivity contribution in [2.75, 3.05) is 19.5 Å². The normalized spacial score (nSPS) is 10.8. The number of halogens is 1. The number of ether oxygens (including phenoxy) is 2. The number of nitrogens with one attached hydrogen (secondary N) is 2. The molecule has 0 aliphatic carbocycles. The van der Waals surface area contributed by atoms with Crippen LogP contribution in [-0.4, -0.2) is 25.1 Å². The minimum Gasteiger partial charge on any atom is -0.497 e. The molecule has 2 aromatic carbocycles. The summed E-state index contributed by atoms with van der Waals surface area (Å²) in [4.78, 5) is 17.5. The molecule has 0 saturated heterocycles. The summed E-state index contributed by atoms with van der Waals surface area (Å²) in [6.07, 6.45) is 1.58. The van der Waals surface area contributed by atoms with Gasteiger partial charge in [-0.3, -0.25) is 4.79 Å². The molecule has 32 heavy (non-hydrogen) atoms. The Bertz CT molecular complexity index is 1290. The number of furan rings is 1. The minimum atomic E-state index is -0.323. The number of aryl methyl sites for hydroxylation is 1. The molecule has 2 aromatic heterocycles. The highest BCUT2D eigenvalue weighted by atomic mass is 79.9. The molecule has 2 N–H and O–H groups in total. The second-order valence-corrected chi connectivity index (χ2v) is 7.99. The Balaban J connectivity index is 1.57. The van der Waals surface area contributed by atoms with Crippen molar-refractivity contribution in [1.82, 2.24) is 10.3 Å². The van der Waals surface area contributed by atoms with Crippen molar-refractivity contribution in [3.8, 4) is 11.5 Å². The lowest BCUT2D eigenvalue weighted by Crippen LogP contribution is -2.24. The van der Waals surface area contributed by atoms with E-state index < -0.39 is 0 Å². The second-order valence-electron chi connectivity index (χ2n) is 7.14. The predicted molar refractivity (Wildman–Crippen MR) is 127 cm³/mol. The van der Waals surface area contributed by atoms with E-state index in [1.165, 1.54) is 0 Å². The van der Waals surface area contributed by atoms with E-state index in [0.717, 1.165) is 26.7 Å². The highest BCUT2D eigenvalue weighted by Crippen LogP contribution is 2.29. The summed E-state index contributed by atoms with van der Waals surface area (Å²) < 4.78 is 17.2. The van der Waals surface area contributed by atoms with Crippen LogP contribution in [0.5, 0.6) is 11.5 Å². The molecule has 7 nitrogen and oxygen atoms in total. The summed E-state index contributed by atoms with van der Waals surface area (Å²) in [5, 5.41) is 6.98. The molecule has 0 aliphatic rings. The third kappa shape index (κ3) is 4.55. The average Bonchev–Trinajstić information content (AvgIpc) is 3.29. The number of hydrogen-bond donors (Lipinski definition) is 2. The van der Waals surface area contributed by atoms with E-state index in [0.29, 0.717) is 22.9 Å². The van der Waals surface area contributed by atoms with Crippen LogP contribution < -0.4 is 20.1 Å². The Morgan fingerprint density at radius 2 is 1.94 bits per heavy atom. The average molecular weight is 496 g/mol. The van der Waals surface area contributed by atoms with Crippen LogP contribution in [0.1, 0.15) is 21.6 Å². The highest BCUT2D eigenvalue weighted by Gasteiger charge is 2.15. The number of amides is 1. The first kappa shape index (κ1) is 21.7. The summed E-state index contributed by atoms with van der Waals surface area (Å²) in [6.45, 7) is 2.28. The molecular formula is C24H22BrN3O4. The molecule has 0 saturated carbocycles. The van der Waals surface area contributed by atoms with Crippen molar-refractivity contribution >= 4 is 44.3 Å². The Kier molecular flexibility index (Phi) is 6.32. The number of aromatic nitrogens is 1. The monoisotopic (exact) mass is 495 g/mol. The van der Waals surface area contributed by atoms with Crippen LogP contribution in [0, 0.1) is 6.92 Å². The van der Waals surface area contributed by atoms with Gasteiger partial charge in [-0.1, -0.05) is 15.9 Å². The number of methoxy groups -OCH3 is 2. The van der Waals surface area contributed by atoms with Gasteiger partial charge in [0, 0.05) is 34.4 Å². The maximum atomic E-state index is 12.9. The molecule has 8 heteroatoms. The van der Waals surface area contributed by atoms with Crippen molar-refractivity contribution in [2.45, 2.75) is 13.5 Å². The molecule has 0 radical (unpaired) electrons. The third-order valence-corrected chi connectivity index (χ3v) is 5.93. The Hall–Kier alpha value is -3.52. The van der Waals surface area contributed by atoms with Crippen LogP contribution in [0.15, 0.2) is 63.7 Å². The number of carbonyl (C=O) groups excluding carboxylic acids is 1. The van der Waals surface area contributed by atoms with Crippen LogP contribution in [0.4, 0.5) is 11.5 Å². The molecule has 0 spiro atoms. The molecule has 2 heterocycles. The van der Waals surface area contributed by atoms with Gasteiger partial charge < -0.3 is 24.5 Å². The maximum absolute atomic E-state index is 12.9. The molecule has 164 valence electrons. The fourth-order valence-corrected chi connectivity index (χ4v) is 3.55. The van der Waals surface area contributed by atoms with Gasteiger partial charge in [0.2, 0.25) is 0 Å². The molecule has 0 aliphatic heterocycles. The largest absolute Gasteiger partial charge is 0.497 e. The number of benzene rings is 2. The van der Waals surface area contributed by atoms with Crippen molar-refractivity contribution in [1.29, 1.82) is 0 Å². The standard InChI is InChI=1S/C24H22BrN3O4/c1-14-10-16(5-7-19(14)25)27-23-18-8-9-32-22(18)12-20(28-23)24(29)26-13-15-4-6-17(30-2)11-21(15)31-3/h4-12H,13H2,1-3H3,(H,26,29)(H,27,28). The molecule has 0 fully saturated rings. The molecule has 4 aromatic rings. The summed E-state index contributed by atoms with van der Waals surface area (Å²) in [5.74, 6) is 1.54. The predicted octanol–water partition coefficient (Wildman–Crippen LogP) is 5.59. The molecule has 0 atom stereocenters. The fourth-order valence-electron chi connectivity index (χ4n) is 3.30. The van der Waals surface area contributed by atoms with E-state index in [-0.39, 0.29) is 18.1 Å². The first-order valence-electron chi connectivity index (χ1n) is 9.89. The highest BCUT2D eigenvalue weighted by molar-refractivity contribution is 9.10. The summed E-state index contributed by atoms with van der Waals surface area (Å²) in [7, 11) is 3.17. The topological polar surface area (TPSA) is 85.6 Å². The third-order valence-electron chi connectivity index (χ3n) is 5.04. The van der Waals surface area contributed by atoms with Crippen LogP contribution in [0.3, 0.4) is 0 Å². The van der Waals surface area contributed by atoms with Crippen LogP contribution in [-0.2, 0) is 6.54 Å². The zero-order chi connectivity index (χ0) is 22.7. The Labute approximate surface area is 193 Å². The van der Waals surface area contributed by atoms with Gasteiger partial charge >= 0.3 is 0 Å². The summed E-state index contributed by atoms with van der Waals surface area (Å²) in [6, 6.07) is 14.8. The molecular weight excluding hydrogens is 474 g/mol. The van der Waals surface area contributed by atoms with Crippen LogP contribution in [0.2, 0.25) is 0 Å². The van der Waals surface area contributed by atoms with E-state index in [1.807, 2.05) is 43.3 Å². The molecule has 0 unspecified atom stereocenters. The number of anilines is 2.